The van der Waals surface area contributed by atoms with Crippen LogP contribution in [-0.4, -0.2) is 30.9 Å². The molecule has 27 heavy (non-hydrogen) atoms. The minimum atomic E-state index is -0.311. The number of hydrogen-bond donors (Lipinski definition) is 0. The molecule has 0 radical (unpaired) electrons. The summed E-state index contributed by atoms with van der Waals surface area (Å²) in [5.41, 5.74) is 2.21. The zero-order valence-corrected chi connectivity index (χ0v) is 17.1. The maximum absolute atomic E-state index is 12.5. The second kappa shape index (κ2) is 9.04. The first-order valence-electron chi connectivity index (χ1n) is 8.72. The Morgan fingerprint density at radius 2 is 1.74 bits per heavy atom. The lowest BCUT2D eigenvalue weighted by molar-refractivity contribution is -0.110. The first kappa shape index (κ1) is 21.0. The maximum atomic E-state index is 12.5. The van der Waals surface area contributed by atoms with E-state index in [1.54, 1.807) is 6.07 Å². The van der Waals surface area contributed by atoms with Gasteiger partial charge in [0.1, 0.15) is 11.5 Å². The van der Waals surface area contributed by atoms with Gasteiger partial charge in [0.15, 0.2) is 16.7 Å². The van der Waals surface area contributed by atoms with Crippen molar-refractivity contribution in [2.75, 3.05) is 14.2 Å². The van der Waals surface area contributed by atoms with E-state index < -0.39 is 0 Å². The Kier molecular flexibility index (Phi) is 7.02. The number of carbonyl (C=O) groups is 3. The van der Waals surface area contributed by atoms with Crippen molar-refractivity contribution in [3.8, 4) is 11.5 Å². The van der Waals surface area contributed by atoms with Crippen LogP contribution in [-0.2, 0) is 4.79 Å². The van der Waals surface area contributed by atoms with Crippen LogP contribution in [0.3, 0.4) is 0 Å². The second-order valence-corrected chi connectivity index (χ2v) is 7.62. The summed E-state index contributed by atoms with van der Waals surface area (Å²) in [5, 5.41) is -0.210. The lowest BCUT2D eigenvalue weighted by atomic mass is 9.89. The van der Waals surface area contributed by atoms with Gasteiger partial charge < -0.3 is 9.47 Å². The molecular weight excluding hydrogens is 364 g/mol. The third kappa shape index (κ3) is 4.50. The molecule has 0 spiro atoms. The van der Waals surface area contributed by atoms with Gasteiger partial charge in [0.2, 0.25) is 0 Å². The van der Waals surface area contributed by atoms with Crippen LogP contribution >= 0.6 is 11.8 Å². The molecular formula is C21H24O5S. The van der Waals surface area contributed by atoms with E-state index >= 15 is 0 Å². The van der Waals surface area contributed by atoms with Crippen molar-refractivity contribution in [1.82, 2.24) is 0 Å². The molecule has 0 heterocycles. The minimum Gasteiger partial charge on any atom is -0.496 e. The monoisotopic (exact) mass is 388 g/mol. The quantitative estimate of drug-likeness (QED) is 0.630. The van der Waals surface area contributed by atoms with Crippen molar-refractivity contribution in [3.63, 3.8) is 0 Å². The zero-order valence-electron chi connectivity index (χ0n) is 16.3. The van der Waals surface area contributed by atoms with E-state index in [2.05, 4.69) is 0 Å². The number of hydrogen-bond acceptors (Lipinski definition) is 6. The summed E-state index contributed by atoms with van der Waals surface area (Å²) >= 11 is 1.21. The zero-order chi connectivity index (χ0) is 20.1. The van der Waals surface area contributed by atoms with Gasteiger partial charge in [0, 0.05) is 17.2 Å². The molecule has 1 atom stereocenters. The Balaban J connectivity index is 2.71. The first-order chi connectivity index (χ1) is 12.8. The number of rotatable bonds is 7. The van der Waals surface area contributed by atoms with Gasteiger partial charge in [-0.2, -0.15) is 0 Å². The average Bonchev–Trinajstić information content (AvgIpc) is 2.66. The van der Waals surface area contributed by atoms with Gasteiger partial charge >= 0.3 is 0 Å². The number of ketones is 2. The van der Waals surface area contributed by atoms with E-state index in [1.807, 2.05) is 26.8 Å². The Morgan fingerprint density at radius 1 is 1.11 bits per heavy atom. The van der Waals surface area contributed by atoms with Crippen LogP contribution in [0, 0.1) is 0 Å². The highest BCUT2D eigenvalue weighted by molar-refractivity contribution is 8.13. The summed E-state index contributed by atoms with van der Waals surface area (Å²) in [6.07, 6.45) is 5.52. The Labute approximate surface area is 163 Å². The number of ether oxygens (including phenoxy) is 2. The lowest BCUT2D eigenvalue weighted by Gasteiger charge is -2.24. The first-order valence-corrected chi connectivity index (χ1v) is 9.60. The third-order valence-corrected chi connectivity index (χ3v) is 5.51. The van der Waals surface area contributed by atoms with Crippen LogP contribution in [0.25, 0.3) is 0 Å². The predicted octanol–water partition coefficient (Wildman–Crippen LogP) is 4.71. The van der Waals surface area contributed by atoms with Crippen LogP contribution in [0.2, 0.25) is 0 Å². The van der Waals surface area contributed by atoms with Gasteiger partial charge in [0.05, 0.1) is 25.3 Å². The van der Waals surface area contributed by atoms with E-state index in [-0.39, 0.29) is 33.1 Å². The highest BCUT2D eigenvalue weighted by Crippen LogP contribution is 2.45. The molecule has 1 aliphatic rings. The van der Waals surface area contributed by atoms with Crippen LogP contribution < -0.4 is 9.47 Å². The fraction of sp³-hybridized carbons (Fsp3) is 0.381. The van der Waals surface area contributed by atoms with E-state index in [1.165, 1.54) is 38.1 Å². The Bertz CT molecular complexity index is 831. The number of allylic oxidation sites excluding steroid dienone is 4. The van der Waals surface area contributed by atoms with Gasteiger partial charge in [-0.05, 0) is 38.5 Å². The molecule has 1 aliphatic carbocycles. The molecule has 2 rings (SSSR count). The molecule has 0 amide bonds. The molecule has 0 aromatic heterocycles. The molecule has 0 aliphatic heterocycles. The third-order valence-electron chi connectivity index (χ3n) is 4.22. The Morgan fingerprint density at radius 3 is 2.26 bits per heavy atom. The van der Waals surface area contributed by atoms with E-state index in [0.717, 1.165) is 5.57 Å². The summed E-state index contributed by atoms with van der Waals surface area (Å²) in [4.78, 5) is 37.0. The smallest absolute Gasteiger partial charge is 0.190 e. The number of benzene rings is 1. The number of methoxy groups -OCH3 is 2. The summed E-state index contributed by atoms with van der Waals surface area (Å²) in [5.74, 6) is 0.0334. The summed E-state index contributed by atoms with van der Waals surface area (Å²) in [6.45, 7) is 5.78. The fourth-order valence-corrected chi connectivity index (χ4v) is 3.88. The van der Waals surface area contributed by atoms with E-state index in [4.69, 9.17) is 9.47 Å². The summed E-state index contributed by atoms with van der Waals surface area (Å²) < 4.78 is 11.0. The van der Waals surface area contributed by atoms with E-state index in [9.17, 15) is 14.4 Å². The van der Waals surface area contributed by atoms with Gasteiger partial charge in [-0.15, -0.1) is 0 Å². The van der Waals surface area contributed by atoms with Crippen molar-refractivity contribution >= 4 is 28.4 Å². The van der Waals surface area contributed by atoms with Crippen LogP contribution in [0.15, 0.2) is 29.9 Å². The largest absolute Gasteiger partial charge is 0.496 e. The van der Waals surface area contributed by atoms with Crippen molar-refractivity contribution in [2.45, 2.75) is 38.9 Å². The molecule has 0 bridgehead atoms. The number of carbonyl (C=O) groups excluding carboxylic acids is 3. The molecule has 0 saturated heterocycles. The standard InChI is InChI=1S/C21H24O5S/c1-6-18(24)27-17(10-7-12(2)3)13-11-16(25-4)19-14(22)8-9-15(23)20(19)21(13)26-5/h7-9,11,17H,6,10H2,1-5H3. The van der Waals surface area contributed by atoms with Crippen LogP contribution in [0.4, 0.5) is 0 Å². The molecule has 1 unspecified atom stereocenters. The molecule has 0 saturated carbocycles. The second-order valence-electron chi connectivity index (χ2n) is 6.36. The van der Waals surface area contributed by atoms with Gasteiger partial charge in [-0.25, -0.2) is 0 Å². The van der Waals surface area contributed by atoms with Gasteiger partial charge in [-0.1, -0.05) is 30.3 Å². The molecule has 5 nitrogen and oxygen atoms in total. The van der Waals surface area contributed by atoms with E-state index in [0.29, 0.717) is 29.9 Å². The summed E-state index contributed by atoms with van der Waals surface area (Å²) in [6, 6.07) is 1.71. The molecule has 1 aromatic rings. The average molecular weight is 388 g/mol. The minimum absolute atomic E-state index is 0.0446. The molecule has 144 valence electrons. The SMILES string of the molecule is CCC(=O)SC(CC=C(C)C)c1cc(OC)c2c(c1OC)C(=O)C=CC2=O. The predicted molar refractivity (Wildman–Crippen MR) is 107 cm³/mol. The Hall–Kier alpha value is -2.34. The number of fused-ring (bicyclic) bond motifs is 1. The van der Waals surface area contributed by atoms with Crippen molar-refractivity contribution in [2.24, 2.45) is 0 Å². The maximum Gasteiger partial charge on any atom is 0.190 e. The molecule has 6 heteroatoms. The van der Waals surface area contributed by atoms with Crippen LogP contribution in [0.1, 0.15) is 65.1 Å². The van der Waals surface area contributed by atoms with Gasteiger partial charge in [0.25, 0.3) is 0 Å². The molecule has 1 aromatic carbocycles. The number of thioether (sulfide) groups is 1. The normalized spacial score (nSPS) is 13.8. The van der Waals surface area contributed by atoms with Crippen LogP contribution in [0.5, 0.6) is 11.5 Å². The lowest BCUT2D eigenvalue weighted by Crippen LogP contribution is -2.17. The van der Waals surface area contributed by atoms with Crippen molar-refractivity contribution in [3.05, 3.63) is 46.6 Å². The topological polar surface area (TPSA) is 69.7 Å². The van der Waals surface area contributed by atoms with Crippen molar-refractivity contribution < 1.29 is 23.9 Å². The highest BCUT2D eigenvalue weighted by Gasteiger charge is 2.32. The highest BCUT2D eigenvalue weighted by atomic mass is 32.2. The fourth-order valence-electron chi connectivity index (χ4n) is 2.90. The molecule has 0 N–H and O–H groups in total. The van der Waals surface area contributed by atoms with Gasteiger partial charge in [-0.3, -0.25) is 14.4 Å². The van der Waals surface area contributed by atoms with Crippen molar-refractivity contribution in [1.29, 1.82) is 0 Å². The molecule has 0 fully saturated rings. The summed E-state index contributed by atoms with van der Waals surface area (Å²) in [7, 11) is 2.92.